The van der Waals surface area contributed by atoms with E-state index in [1.54, 1.807) is 0 Å². The summed E-state index contributed by atoms with van der Waals surface area (Å²) in [5, 5.41) is 0. The van der Waals surface area contributed by atoms with Gasteiger partial charge >= 0.3 is 0 Å². The van der Waals surface area contributed by atoms with E-state index in [0.29, 0.717) is 0 Å². The lowest BCUT2D eigenvalue weighted by atomic mass is 9.85. The molecule has 2 rings (SSSR count). The quantitative estimate of drug-likeness (QED) is 0.686. The number of rotatable bonds is 0. The predicted octanol–water partition coefficient (Wildman–Crippen LogP) is 3.74. The van der Waals surface area contributed by atoms with E-state index in [0.717, 1.165) is 12.4 Å². The minimum Gasteiger partial charge on any atom is -0.492 e. The zero-order valence-corrected chi connectivity index (χ0v) is 10.7. The third-order valence-corrected chi connectivity index (χ3v) is 3.91. The number of hydrogen-bond donors (Lipinski definition) is 0. The van der Waals surface area contributed by atoms with E-state index in [2.05, 4.69) is 49.7 Å². The number of fused-ring (bicyclic) bond motifs is 1. The largest absolute Gasteiger partial charge is 0.492 e. The Kier molecular flexibility index (Phi) is 2.15. The zero-order valence-electron chi connectivity index (χ0n) is 9.07. The molecule has 0 aromatic heterocycles. The summed E-state index contributed by atoms with van der Waals surface area (Å²) >= 11 is 3.60. The van der Waals surface area contributed by atoms with Crippen LogP contribution in [0.5, 0.6) is 5.75 Å². The molecular weight excluding hydrogens is 240 g/mol. The monoisotopic (exact) mass is 254 g/mol. The Balaban J connectivity index is 2.71. The van der Waals surface area contributed by atoms with Gasteiger partial charge in [0.15, 0.2) is 0 Å². The molecule has 0 aliphatic carbocycles. The number of halogens is 1. The fraction of sp³-hybridized carbons (Fsp3) is 0.500. The van der Waals surface area contributed by atoms with Crippen molar-refractivity contribution in [3.8, 4) is 5.75 Å². The molecule has 0 unspecified atom stereocenters. The van der Waals surface area contributed by atoms with Gasteiger partial charge in [0, 0.05) is 15.5 Å². The van der Waals surface area contributed by atoms with Crippen LogP contribution in [0, 0.1) is 13.8 Å². The van der Waals surface area contributed by atoms with Gasteiger partial charge in [-0.05, 0) is 31.0 Å². The van der Waals surface area contributed by atoms with Gasteiger partial charge < -0.3 is 4.74 Å². The summed E-state index contributed by atoms with van der Waals surface area (Å²) in [6.07, 6.45) is 0. The molecule has 1 heterocycles. The van der Waals surface area contributed by atoms with Crippen molar-refractivity contribution in [2.45, 2.75) is 33.1 Å². The Hall–Kier alpha value is -0.500. The molecule has 0 amide bonds. The Morgan fingerprint density at radius 2 is 1.93 bits per heavy atom. The zero-order chi connectivity index (χ0) is 10.5. The van der Waals surface area contributed by atoms with Crippen LogP contribution in [-0.2, 0) is 5.41 Å². The van der Waals surface area contributed by atoms with Gasteiger partial charge in [0.05, 0.1) is 6.61 Å². The minimum absolute atomic E-state index is 0.149. The van der Waals surface area contributed by atoms with Crippen LogP contribution in [0.1, 0.15) is 30.5 Å². The SMILES string of the molecule is Cc1c(Br)cc2c(c1C)OCC2(C)C. The van der Waals surface area contributed by atoms with E-state index in [1.165, 1.54) is 21.2 Å². The molecule has 76 valence electrons. The van der Waals surface area contributed by atoms with Gasteiger partial charge in [0.1, 0.15) is 5.75 Å². The Morgan fingerprint density at radius 3 is 2.57 bits per heavy atom. The maximum atomic E-state index is 5.76. The lowest BCUT2D eigenvalue weighted by Crippen LogP contribution is -2.18. The summed E-state index contributed by atoms with van der Waals surface area (Å²) in [4.78, 5) is 0. The molecule has 0 fully saturated rings. The predicted molar refractivity (Wildman–Crippen MR) is 62.1 cm³/mol. The molecule has 0 spiro atoms. The van der Waals surface area contributed by atoms with E-state index in [9.17, 15) is 0 Å². The first-order valence-electron chi connectivity index (χ1n) is 4.86. The Bertz CT molecular complexity index is 394. The third kappa shape index (κ3) is 1.28. The van der Waals surface area contributed by atoms with Crippen molar-refractivity contribution in [2.24, 2.45) is 0 Å². The van der Waals surface area contributed by atoms with E-state index in [-0.39, 0.29) is 5.41 Å². The van der Waals surface area contributed by atoms with Crippen LogP contribution < -0.4 is 4.74 Å². The van der Waals surface area contributed by atoms with E-state index in [1.807, 2.05) is 0 Å². The molecule has 0 atom stereocenters. The van der Waals surface area contributed by atoms with Crippen molar-refractivity contribution in [3.63, 3.8) is 0 Å². The van der Waals surface area contributed by atoms with Crippen LogP contribution >= 0.6 is 15.9 Å². The fourth-order valence-electron chi connectivity index (χ4n) is 1.87. The highest BCUT2D eigenvalue weighted by Gasteiger charge is 2.33. The highest BCUT2D eigenvalue weighted by molar-refractivity contribution is 9.10. The highest BCUT2D eigenvalue weighted by Crippen LogP contribution is 2.43. The van der Waals surface area contributed by atoms with Crippen molar-refractivity contribution in [2.75, 3.05) is 6.61 Å². The number of hydrogen-bond acceptors (Lipinski definition) is 1. The fourth-order valence-corrected chi connectivity index (χ4v) is 2.40. The number of benzene rings is 1. The van der Waals surface area contributed by atoms with Gasteiger partial charge in [-0.3, -0.25) is 0 Å². The molecule has 0 saturated heterocycles. The smallest absolute Gasteiger partial charge is 0.126 e. The van der Waals surface area contributed by atoms with E-state index >= 15 is 0 Å². The van der Waals surface area contributed by atoms with Crippen LogP contribution in [0.25, 0.3) is 0 Å². The first-order chi connectivity index (χ1) is 6.43. The first kappa shape index (κ1) is 10.0. The van der Waals surface area contributed by atoms with Gasteiger partial charge in [0.25, 0.3) is 0 Å². The van der Waals surface area contributed by atoms with Crippen molar-refractivity contribution >= 4 is 15.9 Å². The lowest BCUT2D eigenvalue weighted by Gasteiger charge is -2.16. The summed E-state index contributed by atoms with van der Waals surface area (Å²) < 4.78 is 6.95. The molecule has 0 radical (unpaired) electrons. The lowest BCUT2D eigenvalue weighted by molar-refractivity contribution is 0.290. The van der Waals surface area contributed by atoms with Crippen LogP contribution in [0.4, 0.5) is 0 Å². The average molecular weight is 255 g/mol. The van der Waals surface area contributed by atoms with E-state index < -0.39 is 0 Å². The average Bonchev–Trinajstić information content (AvgIpc) is 2.39. The molecule has 0 bridgehead atoms. The molecule has 14 heavy (non-hydrogen) atoms. The second kappa shape index (κ2) is 2.99. The Morgan fingerprint density at radius 1 is 1.29 bits per heavy atom. The topological polar surface area (TPSA) is 9.23 Å². The van der Waals surface area contributed by atoms with Crippen molar-refractivity contribution < 1.29 is 4.74 Å². The molecule has 1 nitrogen and oxygen atoms in total. The van der Waals surface area contributed by atoms with Crippen molar-refractivity contribution in [1.82, 2.24) is 0 Å². The van der Waals surface area contributed by atoms with Gasteiger partial charge in [0.2, 0.25) is 0 Å². The third-order valence-electron chi connectivity index (χ3n) is 3.08. The summed E-state index contributed by atoms with van der Waals surface area (Å²) in [5.41, 5.74) is 4.02. The van der Waals surface area contributed by atoms with Gasteiger partial charge in [-0.1, -0.05) is 29.8 Å². The van der Waals surface area contributed by atoms with Gasteiger partial charge in [-0.2, -0.15) is 0 Å². The standard InChI is InChI=1S/C12H15BrO/c1-7-8(2)11-9(5-10(7)13)12(3,4)6-14-11/h5H,6H2,1-4H3. The maximum Gasteiger partial charge on any atom is 0.126 e. The first-order valence-corrected chi connectivity index (χ1v) is 5.66. The van der Waals surface area contributed by atoms with Crippen LogP contribution in [0.3, 0.4) is 0 Å². The normalized spacial score (nSPS) is 17.8. The van der Waals surface area contributed by atoms with Crippen molar-refractivity contribution in [1.29, 1.82) is 0 Å². The Labute approximate surface area is 93.6 Å². The molecule has 1 aromatic rings. The summed E-state index contributed by atoms with van der Waals surface area (Å²) in [5.74, 6) is 1.09. The summed E-state index contributed by atoms with van der Waals surface area (Å²) in [6.45, 7) is 9.48. The highest BCUT2D eigenvalue weighted by atomic mass is 79.9. The van der Waals surface area contributed by atoms with Gasteiger partial charge in [-0.15, -0.1) is 0 Å². The molecule has 1 aromatic carbocycles. The van der Waals surface area contributed by atoms with Crippen LogP contribution in [0.2, 0.25) is 0 Å². The van der Waals surface area contributed by atoms with Gasteiger partial charge in [-0.25, -0.2) is 0 Å². The van der Waals surface area contributed by atoms with E-state index in [4.69, 9.17) is 4.74 Å². The molecule has 0 saturated carbocycles. The van der Waals surface area contributed by atoms with Crippen molar-refractivity contribution in [3.05, 3.63) is 27.2 Å². The number of ether oxygens (including phenoxy) is 1. The molecular formula is C12H15BrO. The summed E-state index contributed by atoms with van der Waals surface area (Å²) in [6, 6.07) is 2.20. The van der Waals surface area contributed by atoms with Crippen LogP contribution in [-0.4, -0.2) is 6.61 Å². The van der Waals surface area contributed by atoms with Crippen LogP contribution in [0.15, 0.2) is 10.5 Å². The molecule has 1 aliphatic heterocycles. The second-order valence-electron chi connectivity index (χ2n) is 4.66. The molecule has 1 aliphatic rings. The molecule has 0 N–H and O–H groups in total. The molecule has 2 heteroatoms. The second-order valence-corrected chi connectivity index (χ2v) is 5.51. The summed E-state index contributed by atoms with van der Waals surface area (Å²) in [7, 11) is 0. The maximum absolute atomic E-state index is 5.76. The minimum atomic E-state index is 0.149.